The zero-order chi connectivity index (χ0) is 29.1. The Morgan fingerprint density at radius 1 is 1.11 bits per heavy atom. The molecule has 0 aromatic carbocycles. The number of esters is 1. The summed E-state index contributed by atoms with van der Waals surface area (Å²) >= 11 is 0. The fraction of sp³-hybridized carbons (Fsp3) is 0.774. The molecular formula is C31H54O6Si. The fourth-order valence-electron chi connectivity index (χ4n) is 4.44. The maximum absolute atomic E-state index is 13.1. The van der Waals surface area contributed by atoms with Crippen LogP contribution in [0.4, 0.5) is 0 Å². The quantitative estimate of drug-likeness (QED) is 0.0696. The molecule has 1 saturated carbocycles. The van der Waals surface area contributed by atoms with Gasteiger partial charge in [-0.15, -0.1) is 0 Å². The summed E-state index contributed by atoms with van der Waals surface area (Å²) in [5.74, 6) is -0.974. The predicted octanol–water partition coefficient (Wildman–Crippen LogP) is 7.37. The number of carbonyl (C=O) groups is 3. The van der Waals surface area contributed by atoms with Gasteiger partial charge in [0.05, 0.1) is 24.9 Å². The summed E-state index contributed by atoms with van der Waals surface area (Å²) in [6, 6.07) is 0. The van der Waals surface area contributed by atoms with E-state index < -0.39 is 19.8 Å². The first-order chi connectivity index (χ1) is 17.5. The van der Waals surface area contributed by atoms with E-state index in [9.17, 15) is 14.4 Å². The predicted molar refractivity (Wildman–Crippen MR) is 157 cm³/mol. The molecule has 0 N–H and O–H groups in total. The van der Waals surface area contributed by atoms with Crippen molar-refractivity contribution in [3.05, 3.63) is 24.3 Å². The minimum Gasteiger partial charge on any atom is -0.469 e. The topological polar surface area (TPSA) is 78.9 Å². The number of hydrogen-bond acceptors (Lipinski definition) is 6. The Bertz CT molecular complexity index is 830. The summed E-state index contributed by atoms with van der Waals surface area (Å²) in [6.45, 7) is 19.5. The lowest BCUT2D eigenvalue weighted by atomic mass is 9.88. The van der Waals surface area contributed by atoms with E-state index in [1.807, 2.05) is 20.8 Å². The van der Waals surface area contributed by atoms with Crippen LogP contribution in [0.25, 0.3) is 0 Å². The van der Waals surface area contributed by atoms with Crippen LogP contribution in [-0.2, 0) is 28.3 Å². The first-order valence-electron chi connectivity index (χ1n) is 14.3. The Labute approximate surface area is 233 Å². The number of hydrogen-bond donors (Lipinski definition) is 0. The zero-order valence-corrected chi connectivity index (χ0v) is 26.7. The molecule has 0 aromatic heterocycles. The van der Waals surface area contributed by atoms with Gasteiger partial charge in [-0.2, -0.15) is 0 Å². The van der Waals surface area contributed by atoms with E-state index in [0.29, 0.717) is 12.8 Å². The highest BCUT2D eigenvalue weighted by Crippen LogP contribution is 2.40. The average molecular weight is 551 g/mol. The second kappa shape index (κ2) is 15.3. The van der Waals surface area contributed by atoms with Crippen LogP contribution in [0.2, 0.25) is 18.1 Å². The maximum atomic E-state index is 13.1. The molecule has 0 aromatic rings. The molecule has 1 aliphatic carbocycles. The van der Waals surface area contributed by atoms with Crippen molar-refractivity contribution in [3.8, 4) is 0 Å². The van der Waals surface area contributed by atoms with Crippen LogP contribution in [0.1, 0.15) is 99.8 Å². The van der Waals surface area contributed by atoms with Crippen LogP contribution in [0, 0.1) is 11.8 Å². The molecule has 1 rings (SSSR count). The number of methoxy groups -OCH3 is 1. The molecule has 1 fully saturated rings. The van der Waals surface area contributed by atoms with Gasteiger partial charge in [0.15, 0.2) is 14.1 Å². The van der Waals surface area contributed by atoms with E-state index in [4.69, 9.17) is 9.16 Å². The smallest absolute Gasteiger partial charge is 0.305 e. The molecule has 0 amide bonds. The van der Waals surface area contributed by atoms with E-state index in [2.05, 4.69) is 57.7 Å². The Kier molecular flexibility index (Phi) is 13.9. The molecule has 6 nitrogen and oxygen atoms in total. The lowest BCUT2D eigenvalue weighted by Gasteiger charge is -2.39. The van der Waals surface area contributed by atoms with Crippen molar-refractivity contribution < 1.29 is 28.3 Å². The fourth-order valence-corrected chi connectivity index (χ4v) is 5.75. The van der Waals surface area contributed by atoms with Gasteiger partial charge in [-0.1, -0.05) is 65.2 Å². The van der Waals surface area contributed by atoms with Crippen molar-refractivity contribution in [1.82, 2.24) is 0 Å². The van der Waals surface area contributed by atoms with Crippen LogP contribution in [0.15, 0.2) is 24.3 Å². The van der Waals surface area contributed by atoms with E-state index in [1.54, 1.807) is 6.08 Å². The molecule has 4 atom stereocenters. The average Bonchev–Trinajstić information content (AvgIpc) is 3.05. The summed E-state index contributed by atoms with van der Waals surface area (Å²) in [7, 11) is -0.647. The number of ketones is 2. The van der Waals surface area contributed by atoms with Gasteiger partial charge in [-0.3, -0.25) is 14.4 Å². The van der Waals surface area contributed by atoms with Crippen LogP contribution in [0.3, 0.4) is 0 Å². The molecule has 38 heavy (non-hydrogen) atoms. The first-order valence-corrected chi connectivity index (χ1v) is 17.2. The number of unbranched alkanes of at least 4 members (excludes halogenated alkanes) is 2. The molecule has 0 heterocycles. The van der Waals surface area contributed by atoms with Crippen LogP contribution >= 0.6 is 0 Å². The van der Waals surface area contributed by atoms with Gasteiger partial charge in [-0.25, -0.2) is 0 Å². The third-order valence-corrected chi connectivity index (χ3v) is 12.1. The molecule has 0 aliphatic heterocycles. The summed E-state index contributed by atoms with van der Waals surface area (Å²) in [6.07, 6.45) is 12.5. The second-order valence-corrected chi connectivity index (χ2v) is 17.9. The number of Topliss-reactive ketones (excluding diaryl/α,β-unsaturated/α-hetero) is 1. The summed E-state index contributed by atoms with van der Waals surface area (Å²) < 4.78 is 17.8. The third kappa shape index (κ3) is 12.1. The van der Waals surface area contributed by atoms with Gasteiger partial charge in [0.1, 0.15) is 5.78 Å². The highest BCUT2D eigenvalue weighted by atomic mass is 28.4. The minimum atomic E-state index is -1.99. The standard InChI is InChI=1S/C31H54O6Si/c1-11-12-13-17-24(37-38(9,10)31(5,6)7)19-20-25-26(27(33)22-28(25)36-30(2,3)4)21-23(32)16-14-15-18-29(34)35-8/h14,16,19-20,24-26,28H,11-13,15,17-18,21-22H2,1-10H3/t24?,25-,26-,28?/m1/s1. The Morgan fingerprint density at radius 2 is 1.76 bits per heavy atom. The molecule has 0 radical (unpaired) electrons. The lowest BCUT2D eigenvalue weighted by molar-refractivity contribution is -0.140. The van der Waals surface area contributed by atoms with E-state index in [1.165, 1.54) is 13.2 Å². The largest absolute Gasteiger partial charge is 0.469 e. The molecule has 218 valence electrons. The highest BCUT2D eigenvalue weighted by molar-refractivity contribution is 6.74. The van der Waals surface area contributed by atoms with Gasteiger partial charge < -0.3 is 13.9 Å². The van der Waals surface area contributed by atoms with Crippen LogP contribution in [-0.4, -0.2) is 50.8 Å². The molecule has 7 heteroatoms. The van der Waals surface area contributed by atoms with Gasteiger partial charge in [-0.05, 0) is 57.8 Å². The summed E-state index contributed by atoms with van der Waals surface area (Å²) in [5.41, 5.74) is -0.401. The zero-order valence-electron chi connectivity index (χ0n) is 25.7. The maximum Gasteiger partial charge on any atom is 0.305 e. The van der Waals surface area contributed by atoms with Gasteiger partial charge in [0.25, 0.3) is 0 Å². The summed E-state index contributed by atoms with van der Waals surface area (Å²) in [5, 5.41) is 0.0974. The van der Waals surface area contributed by atoms with Crippen molar-refractivity contribution in [2.45, 2.75) is 136 Å². The van der Waals surface area contributed by atoms with Crippen molar-refractivity contribution >= 4 is 25.9 Å². The Hall–Kier alpha value is -1.57. The summed E-state index contributed by atoms with van der Waals surface area (Å²) in [4.78, 5) is 37.2. The molecular weight excluding hydrogens is 496 g/mol. The van der Waals surface area contributed by atoms with Crippen LogP contribution in [0.5, 0.6) is 0 Å². The molecule has 0 bridgehead atoms. The first kappa shape index (κ1) is 34.5. The van der Waals surface area contributed by atoms with Crippen molar-refractivity contribution in [2.75, 3.05) is 7.11 Å². The van der Waals surface area contributed by atoms with Gasteiger partial charge in [0.2, 0.25) is 0 Å². The Morgan fingerprint density at radius 3 is 2.32 bits per heavy atom. The highest BCUT2D eigenvalue weighted by Gasteiger charge is 2.44. The molecule has 0 spiro atoms. The van der Waals surface area contributed by atoms with Crippen LogP contribution < -0.4 is 0 Å². The van der Waals surface area contributed by atoms with Crippen molar-refractivity contribution in [3.63, 3.8) is 0 Å². The Balaban J connectivity index is 3.15. The monoisotopic (exact) mass is 550 g/mol. The number of carbonyl (C=O) groups excluding carboxylic acids is 3. The number of rotatable bonds is 15. The van der Waals surface area contributed by atoms with E-state index in [0.717, 1.165) is 25.7 Å². The number of ether oxygens (including phenoxy) is 2. The van der Waals surface area contributed by atoms with Crippen molar-refractivity contribution in [1.29, 1.82) is 0 Å². The van der Waals surface area contributed by atoms with Gasteiger partial charge in [0, 0.05) is 31.1 Å². The second-order valence-electron chi connectivity index (χ2n) is 13.1. The molecule has 1 aliphatic rings. The molecule has 0 saturated heterocycles. The third-order valence-electron chi connectivity index (χ3n) is 7.57. The van der Waals surface area contributed by atoms with Crippen molar-refractivity contribution in [2.24, 2.45) is 11.8 Å². The SMILES string of the molecule is CCCCCC(C=C[C@H]1C(OC(C)(C)C)CC(=O)[C@@H]1CC(=O)C=CCCC(=O)OC)O[Si](C)(C)C(C)(C)C. The minimum absolute atomic E-state index is 0.0250. The number of allylic oxidation sites excluding steroid dienone is 2. The normalized spacial score (nSPS) is 21.9. The van der Waals surface area contributed by atoms with E-state index in [-0.39, 0.29) is 53.5 Å². The van der Waals surface area contributed by atoms with Gasteiger partial charge >= 0.3 is 5.97 Å². The molecule has 2 unspecified atom stereocenters. The van der Waals surface area contributed by atoms with E-state index >= 15 is 0 Å². The lowest BCUT2D eigenvalue weighted by Crippen LogP contribution is -2.43.